The molecule has 0 aromatic heterocycles. The van der Waals surface area contributed by atoms with E-state index in [0.717, 1.165) is 19.6 Å². The highest BCUT2D eigenvalue weighted by Crippen LogP contribution is 2.11. The van der Waals surface area contributed by atoms with E-state index in [1.54, 1.807) is 29.2 Å². The number of carbonyl (C=O) groups excluding carboxylic acids is 2. The Labute approximate surface area is 170 Å². The van der Waals surface area contributed by atoms with Gasteiger partial charge in [0, 0.05) is 50.2 Å². The van der Waals surface area contributed by atoms with E-state index in [-0.39, 0.29) is 11.5 Å². The highest BCUT2D eigenvalue weighted by molar-refractivity contribution is 5.99. The Hall–Kier alpha value is -3.63. The van der Waals surface area contributed by atoms with Gasteiger partial charge in [-0.2, -0.15) is 5.26 Å². The van der Waals surface area contributed by atoms with Crippen LogP contribution in [0.4, 0.5) is 5.69 Å². The van der Waals surface area contributed by atoms with E-state index in [9.17, 15) is 14.9 Å². The van der Waals surface area contributed by atoms with E-state index in [1.807, 2.05) is 24.3 Å². The number of rotatable bonds is 5. The number of nitrogens with one attached hydrogen (secondary N) is 1. The van der Waals surface area contributed by atoms with Crippen molar-refractivity contribution >= 4 is 17.5 Å². The number of hydrogen-bond acceptors (Lipinski definition) is 5. The third-order valence-electron chi connectivity index (χ3n) is 4.78. The zero-order valence-corrected chi connectivity index (χ0v) is 16.0. The van der Waals surface area contributed by atoms with Gasteiger partial charge in [0.1, 0.15) is 11.6 Å². The first-order chi connectivity index (χ1) is 14.1. The van der Waals surface area contributed by atoms with Gasteiger partial charge in [0.2, 0.25) is 0 Å². The summed E-state index contributed by atoms with van der Waals surface area (Å²) in [5.41, 5.74) is 7.69. The second-order valence-corrected chi connectivity index (χ2v) is 6.82. The summed E-state index contributed by atoms with van der Waals surface area (Å²) in [6, 6.07) is 18.5. The van der Waals surface area contributed by atoms with Crippen molar-refractivity contribution in [2.45, 2.75) is 6.54 Å². The lowest BCUT2D eigenvalue weighted by Gasteiger charge is -2.34. The molecule has 1 aliphatic heterocycles. The normalized spacial score (nSPS) is 14.9. The molecule has 3 N–H and O–H groups in total. The predicted molar refractivity (Wildman–Crippen MR) is 110 cm³/mol. The average molecular weight is 389 g/mol. The minimum absolute atomic E-state index is 0.0923. The minimum atomic E-state index is -0.404. The lowest BCUT2D eigenvalue weighted by molar-refractivity contribution is -0.128. The lowest BCUT2D eigenvalue weighted by Crippen LogP contribution is -2.48. The average Bonchev–Trinajstić information content (AvgIpc) is 2.75. The van der Waals surface area contributed by atoms with E-state index in [4.69, 9.17) is 5.73 Å². The number of nitrogens with two attached hydrogens (primary N) is 1. The summed E-state index contributed by atoms with van der Waals surface area (Å²) in [7, 11) is 0. The van der Waals surface area contributed by atoms with E-state index >= 15 is 0 Å². The molecule has 148 valence electrons. The molecule has 0 radical (unpaired) electrons. The topological polar surface area (TPSA) is 102 Å². The molecule has 29 heavy (non-hydrogen) atoms. The summed E-state index contributed by atoms with van der Waals surface area (Å²) in [5, 5.41) is 11.9. The van der Waals surface area contributed by atoms with Crippen LogP contribution in [0.1, 0.15) is 15.9 Å². The van der Waals surface area contributed by atoms with Crippen molar-refractivity contribution in [3.63, 3.8) is 0 Å². The molecule has 1 saturated heterocycles. The molecule has 0 aliphatic carbocycles. The van der Waals surface area contributed by atoms with Crippen LogP contribution in [0.25, 0.3) is 0 Å². The standard InChI is InChI=1S/C22H23N5O2/c23-14-19(15-25-21(28)18-6-8-20(24)9-7-18)22(29)27-12-10-26(11-13-27)16-17-4-2-1-3-5-17/h1-9,15H,10-13,16,24H2,(H,25,28)/b19-15-. The van der Waals surface area contributed by atoms with Crippen LogP contribution < -0.4 is 11.1 Å². The Bertz CT molecular complexity index is 924. The Kier molecular flexibility index (Phi) is 6.61. The lowest BCUT2D eigenvalue weighted by atomic mass is 10.2. The summed E-state index contributed by atoms with van der Waals surface area (Å²) >= 11 is 0. The van der Waals surface area contributed by atoms with Crippen LogP contribution >= 0.6 is 0 Å². The van der Waals surface area contributed by atoms with Crippen molar-refractivity contribution in [2.24, 2.45) is 0 Å². The second kappa shape index (κ2) is 9.53. The first-order valence-electron chi connectivity index (χ1n) is 9.39. The van der Waals surface area contributed by atoms with Crippen molar-refractivity contribution in [1.82, 2.24) is 15.1 Å². The largest absolute Gasteiger partial charge is 0.399 e. The Morgan fingerprint density at radius 3 is 2.31 bits per heavy atom. The molecule has 0 spiro atoms. The SMILES string of the molecule is N#C/C(=C/NC(=O)c1ccc(N)cc1)C(=O)N1CCN(Cc2ccccc2)CC1. The Balaban J connectivity index is 1.54. The molecule has 0 unspecified atom stereocenters. The number of amides is 2. The fraction of sp³-hybridized carbons (Fsp3) is 0.227. The van der Waals surface area contributed by atoms with Gasteiger partial charge in [-0.15, -0.1) is 0 Å². The van der Waals surface area contributed by atoms with Crippen molar-refractivity contribution in [1.29, 1.82) is 5.26 Å². The molecule has 2 aromatic rings. The molecule has 0 saturated carbocycles. The first kappa shape index (κ1) is 20.1. The third kappa shape index (κ3) is 5.43. The molecule has 7 nitrogen and oxygen atoms in total. The van der Waals surface area contributed by atoms with Crippen LogP contribution in [0.5, 0.6) is 0 Å². The van der Waals surface area contributed by atoms with Crippen LogP contribution in [-0.4, -0.2) is 47.8 Å². The zero-order valence-electron chi connectivity index (χ0n) is 16.0. The molecule has 1 fully saturated rings. The minimum Gasteiger partial charge on any atom is -0.399 e. The number of nitriles is 1. The van der Waals surface area contributed by atoms with Gasteiger partial charge in [-0.05, 0) is 29.8 Å². The van der Waals surface area contributed by atoms with Gasteiger partial charge in [0.15, 0.2) is 0 Å². The maximum atomic E-state index is 12.6. The number of carbonyl (C=O) groups is 2. The predicted octanol–water partition coefficient (Wildman–Crippen LogP) is 1.75. The number of hydrogen-bond donors (Lipinski definition) is 2. The maximum absolute atomic E-state index is 12.6. The van der Waals surface area contributed by atoms with E-state index in [0.29, 0.717) is 24.3 Å². The summed E-state index contributed by atoms with van der Waals surface area (Å²) < 4.78 is 0. The molecule has 2 aromatic carbocycles. The number of nitrogens with zero attached hydrogens (tertiary/aromatic N) is 3. The van der Waals surface area contributed by atoms with Gasteiger partial charge in [-0.1, -0.05) is 30.3 Å². The van der Waals surface area contributed by atoms with E-state index in [1.165, 1.54) is 11.8 Å². The summed E-state index contributed by atoms with van der Waals surface area (Å²) in [5.74, 6) is -0.775. The quantitative estimate of drug-likeness (QED) is 0.461. The first-order valence-corrected chi connectivity index (χ1v) is 9.39. The van der Waals surface area contributed by atoms with Crippen molar-refractivity contribution in [2.75, 3.05) is 31.9 Å². The van der Waals surface area contributed by atoms with Crippen LogP contribution in [0.2, 0.25) is 0 Å². The van der Waals surface area contributed by atoms with E-state index in [2.05, 4.69) is 22.3 Å². The van der Waals surface area contributed by atoms with Crippen LogP contribution in [0, 0.1) is 11.3 Å². The van der Waals surface area contributed by atoms with Crippen molar-refractivity contribution in [3.05, 3.63) is 77.5 Å². The number of anilines is 1. The maximum Gasteiger partial charge on any atom is 0.266 e. The summed E-state index contributed by atoms with van der Waals surface area (Å²) in [4.78, 5) is 28.7. The molecular formula is C22H23N5O2. The molecule has 0 atom stereocenters. The van der Waals surface area contributed by atoms with Gasteiger partial charge >= 0.3 is 0 Å². The van der Waals surface area contributed by atoms with Crippen LogP contribution in [-0.2, 0) is 11.3 Å². The number of benzene rings is 2. The van der Waals surface area contributed by atoms with Gasteiger partial charge in [-0.3, -0.25) is 14.5 Å². The van der Waals surface area contributed by atoms with Gasteiger partial charge < -0.3 is 16.0 Å². The van der Waals surface area contributed by atoms with Crippen molar-refractivity contribution < 1.29 is 9.59 Å². The molecule has 0 bridgehead atoms. The highest BCUT2D eigenvalue weighted by atomic mass is 16.2. The highest BCUT2D eigenvalue weighted by Gasteiger charge is 2.24. The number of piperazine rings is 1. The van der Waals surface area contributed by atoms with Crippen molar-refractivity contribution in [3.8, 4) is 6.07 Å². The molecule has 1 aliphatic rings. The number of nitrogen functional groups attached to an aromatic ring is 1. The van der Waals surface area contributed by atoms with Gasteiger partial charge in [-0.25, -0.2) is 0 Å². The third-order valence-corrected chi connectivity index (χ3v) is 4.78. The van der Waals surface area contributed by atoms with Gasteiger partial charge in [0.05, 0.1) is 0 Å². The van der Waals surface area contributed by atoms with E-state index < -0.39 is 5.91 Å². The van der Waals surface area contributed by atoms with Crippen LogP contribution in [0.15, 0.2) is 66.4 Å². The fourth-order valence-corrected chi connectivity index (χ4v) is 3.12. The molecule has 7 heteroatoms. The molecule has 1 heterocycles. The molecule has 2 amide bonds. The van der Waals surface area contributed by atoms with Gasteiger partial charge in [0.25, 0.3) is 11.8 Å². The molecular weight excluding hydrogens is 366 g/mol. The van der Waals surface area contributed by atoms with Crippen LogP contribution in [0.3, 0.4) is 0 Å². The Morgan fingerprint density at radius 1 is 1.03 bits per heavy atom. The Morgan fingerprint density at radius 2 is 1.69 bits per heavy atom. The fourth-order valence-electron chi connectivity index (χ4n) is 3.12. The smallest absolute Gasteiger partial charge is 0.266 e. The summed E-state index contributed by atoms with van der Waals surface area (Å²) in [6.45, 7) is 3.38. The summed E-state index contributed by atoms with van der Waals surface area (Å²) in [6.07, 6.45) is 1.18. The zero-order chi connectivity index (χ0) is 20.6. The monoisotopic (exact) mass is 389 g/mol. The second-order valence-electron chi connectivity index (χ2n) is 6.82. The molecule has 3 rings (SSSR count).